The summed E-state index contributed by atoms with van der Waals surface area (Å²) in [4.78, 5) is 23.2. The first-order valence-electron chi connectivity index (χ1n) is 10.7. The predicted octanol–water partition coefficient (Wildman–Crippen LogP) is 2.19. The molecule has 0 aliphatic carbocycles. The lowest BCUT2D eigenvalue weighted by atomic mass is 10.2. The summed E-state index contributed by atoms with van der Waals surface area (Å²) in [5, 5.41) is 12.1. The molecule has 7 nitrogen and oxygen atoms in total. The minimum Gasteiger partial charge on any atom is -0.406 e. The van der Waals surface area contributed by atoms with Gasteiger partial charge in [-0.2, -0.15) is 0 Å². The lowest BCUT2D eigenvalue weighted by molar-refractivity contribution is 0.251. The lowest BCUT2D eigenvalue weighted by Gasteiger charge is -2.43. The first-order valence-corrected chi connectivity index (χ1v) is 12.6. The van der Waals surface area contributed by atoms with Gasteiger partial charge in [-0.15, -0.1) is 0 Å². The van der Waals surface area contributed by atoms with Gasteiger partial charge in [0.25, 0.3) is 13.9 Å². The summed E-state index contributed by atoms with van der Waals surface area (Å²) < 4.78 is 8.68. The first kappa shape index (κ1) is 22.1. The molecular formula is C24H28N4O3Si. The Hall–Kier alpha value is -3.07. The number of imidazole rings is 1. The van der Waals surface area contributed by atoms with Crippen molar-refractivity contribution in [3.8, 4) is 0 Å². The smallest absolute Gasteiger partial charge is 0.278 e. The predicted molar refractivity (Wildman–Crippen MR) is 128 cm³/mol. The molecule has 0 amide bonds. The van der Waals surface area contributed by atoms with E-state index in [4.69, 9.17) is 4.43 Å². The fourth-order valence-electron chi connectivity index (χ4n) is 4.40. The summed E-state index contributed by atoms with van der Waals surface area (Å²) in [7, 11) is -2.67. The van der Waals surface area contributed by atoms with E-state index in [2.05, 4.69) is 84.3 Å². The fourth-order valence-corrected chi connectivity index (χ4v) is 8.95. The Morgan fingerprint density at radius 2 is 1.62 bits per heavy atom. The van der Waals surface area contributed by atoms with E-state index in [0.717, 1.165) is 0 Å². The second-order valence-corrected chi connectivity index (χ2v) is 13.1. The lowest BCUT2D eigenvalue weighted by Crippen LogP contribution is -2.66. The number of hydrogen-bond donors (Lipinski definition) is 2. The van der Waals surface area contributed by atoms with Gasteiger partial charge in [0.05, 0.1) is 12.9 Å². The Kier molecular flexibility index (Phi) is 6.10. The van der Waals surface area contributed by atoms with Crippen LogP contribution in [0.1, 0.15) is 26.6 Å². The van der Waals surface area contributed by atoms with Gasteiger partial charge in [0, 0.05) is 6.54 Å². The van der Waals surface area contributed by atoms with Crippen molar-refractivity contribution >= 4 is 29.9 Å². The topological polar surface area (TPSA) is 93.0 Å². The Labute approximate surface area is 187 Å². The van der Waals surface area contributed by atoms with E-state index in [1.165, 1.54) is 16.7 Å². The Morgan fingerprint density at radius 1 is 1.03 bits per heavy atom. The summed E-state index contributed by atoms with van der Waals surface area (Å²) >= 11 is 0. The molecule has 0 unspecified atom stereocenters. The van der Waals surface area contributed by atoms with Crippen LogP contribution in [-0.4, -0.2) is 39.5 Å². The minimum absolute atomic E-state index is 0.137. The zero-order valence-corrected chi connectivity index (χ0v) is 19.6. The number of nitrogens with zero attached hydrogens (tertiary/aromatic N) is 3. The van der Waals surface area contributed by atoms with Crippen LogP contribution in [0.5, 0.6) is 0 Å². The second-order valence-electron chi connectivity index (χ2n) is 8.75. The molecule has 0 fully saturated rings. The number of rotatable bonds is 7. The van der Waals surface area contributed by atoms with Crippen LogP contribution in [0.2, 0.25) is 5.04 Å². The third-order valence-corrected chi connectivity index (χ3v) is 10.9. The summed E-state index contributed by atoms with van der Waals surface area (Å²) in [5.41, 5.74) is 0.349. The van der Waals surface area contributed by atoms with Gasteiger partial charge in [0.15, 0.2) is 11.2 Å². The zero-order chi connectivity index (χ0) is 22.8. The van der Waals surface area contributed by atoms with Gasteiger partial charge in [-0.25, -0.2) is 9.97 Å². The van der Waals surface area contributed by atoms with E-state index in [-0.39, 0.29) is 22.7 Å². The number of aliphatic hydroxyl groups excluding tert-OH is 1. The van der Waals surface area contributed by atoms with Crippen LogP contribution >= 0.6 is 0 Å². The van der Waals surface area contributed by atoms with Crippen molar-refractivity contribution in [1.29, 1.82) is 0 Å². The van der Waals surface area contributed by atoms with Crippen molar-refractivity contribution in [2.75, 3.05) is 6.61 Å². The summed E-state index contributed by atoms with van der Waals surface area (Å²) in [5.74, 6) is 0.398. The normalized spacial score (nSPS) is 12.4. The number of hydrogen-bond acceptors (Lipinski definition) is 5. The first-order chi connectivity index (χ1) is 15.4. The van der Waals surface area contributed by atoms with Crippen molar-refractivity contribution in [3.63, 3.8) is 0 Å². The largest absolute Gasteiger partial charge is 0.406 e. The van der Waals surface area contributed by atoms with Gasteiger partial charge < -0.3 is 19.1 Å². The highest BCUT2D eigenvalue weighted by Crippen LogP contribution is 2.36. The minimum atomic E-state index is -2.67. The van der Waals surface area contributed by atoms with Gasteiger partial charge >= 0.3 is 0 Å². The summed E-state index contributed by atoms with van der Waals surface area (Å²) in [6.45, 7) is 7.22. The molecule has 0 radical (unpaired) electrons. The number of aromatic nitrogens is 4. The average Bonchev–Trinajstić information content (AvgIpc) is 3.16. The number of aromatic amines is 1. The van der Waals surface area contributed by atoms with Crippen LogP contribution in [0.25, 0.3) is 11.2 Å². The van der Waals surface area contributed by atoms with Crippen molar-refractivity contribution in [3.05, 3.63) is 83.2 Å². The van der Waals surface area contributed by atoms with Gasteiger partial charge in [0.2, 0.25) is 0 Å². The van der Waals surface area contributed by atoms with E-state index in [9.17, 15) is 9.90 Å². The van der Waals surface area contributed by atoms with Crippen LogP contribution < -0.4 is 15.9 Å². The standard InChI is InChI=1S/C24H28N4O3Si/c1-24(2,3)32(18-10-6-4-7-11-18,19-12-8-5-9-13-19)31-15-14-28-20(16-29)27-21-22(28)25-17-26-23(21)30/h4-13,17,29H,14-16H2,1-3H3,(H,25,26,30). The molecular weight excluding hydrogens is 420 g/mol. The summed E-state index contributed by atoms with van der Waals surface area (Å²) in [6.07, 6.45) is 1.35. The molecule has 4 rings (SSSR count). The molecule has 0 aliphatic heterocycles. The van der Waals surface area contributed by atoms with Crippen LogP contribution in [0.3, 0.4) is 0 Å². The summed E-state index contributed by atoms with van der Waals surface area (Å²) in [6, 6.07) is 20.9. The number of benzene rings is 2. The van der Waals surface area contributed by atoms with Crippen molar-refractivity contribution in [2.24, 2.45) is 0 Å². The highest BCUT2D eigenvalue weighted by Gasteiger charge is 2.50. The third-order valence-electron chi connectivity index (χ3n) is 5.81. The number of nitrogens with one attached hydrogen (secondary N) is 1. The molecule has 8 heteroatoms. The molecule has 2 aromatic carbocycles. The fraction of sp³-hybridized carbons (Fsp3) is 0.292. The highest BCUT2D eigenvalue weighted by atomic mass is 28.4. The van der Waals surface area contributed by atoms with Gasteiger partial charge in [0.1, 0.15) is 12.4 Å². The molecule has 32 heavy (non-hydrogen) atoms. The molecule has 0 aliphatic rings. The van der Waals surface area contributed by atoms with E-state index in [0.29, 0.717) is 24.6 Å². The van der Waals surface area contributed by atoms with Crippen molar-refractivity contribution < 1.29 is 9.53 Å². The van der Waals surface area contributed by atoms with E-state index < -0.39 is 8.32 Å². The zero-order valence-electron chi connectivity index (χ0n) is 18.6. The molecule has 2 aromatic heterocycles. The molecule has 0 saturated carbocycles. The van der Waals surface area contributed by atoms with E-state index in [1.807, 2.05) is 12.1 Å². The monoisotopic (exact) mass is 448 g/mol. The molecule has 0 spiro atoms. The Morgan fingerprint density at radius 3 is 2.16 bits per heavy atom. The quantitative estimate of drug-likeness (QED) is 0.423. The van der Waals surface area contributed by atoms with Crippen LogP contribution in [0.4, 0.5) is 0 Å². The molecule has 4 aromatic rings. The van der Waals surface area contributed by atoms with Gasteiger partial charge in [-0.05, 0) is 15.4 Å². The second kappa shape index (κ2) is 8.82. The number of aliphatic hydroxyl groups is 1. The number of H-pyrrole nitrogens is 1. The highest BCUT2D eigenvalue weighted by molar-refractivity contribution is 6.99. The van der Waals surface area contributed by atoms with Crippen molar-refractivity contribution in [1.82, 2.24) is 19.5 Å². The molecule has 2 N–H and O–H groups in total. The molecule has 2 heterocycles. The van der Waals surface area contributed by atoms with E-state index >= 15 is 0 Å². The molecule has 166 valence electrons. The average molecular weight is 449 g/mol. The van der Waals surface area contributed by atoms with Crippen LogP contribution in [0.15, 0.2) is 71.8 Å². The molecule has 0 bridgehead atoms. The van der Waals surface area contributed by atoms with Gasteiger partial charge in [-0.1, -0.05) is 81.4 Å². The van der Waals surface area contributed by atoms with E-state index in [1.54, 1.807) is 4.57 Å². The van der Waals surface area contributed by atoms with Crippen LogP contribution in [0, 0.1) is 0 Å². The third kappa shape index (κ3) is 3.81. The molecule has 0 atom stereocenters. The maximum Gasteiger partial charge on any atom is 0.278 e. The van der Waals surface area contributed by atoms with Crippen LogP contribution in [-0.2, 0) is 17.6 Å². The molecule has 0 saturated heterocycles. The Bertz CT molecular complexity index is 1210. The Balaban J connectivity index is 1.75. The number of fused-ring (bicyclic) bond motifs is 1. The van der Waals surface area contributed by atoms with Gasteiger partial charge in [-0.3, -0.25) is 4.79 Å². The van der Waals surface area contributed by atoms with Crippen molar-refractivity contribution in [2.45, 2.75) is 39.0 Å². The maximum absolute atomic E-state index is 12.1. The SMILES string of the molecule is CC(C)(C)[Si](OCCn1c(CO)nc2c(=O)[nH]cnc21)(c1ccccc1)c1ccccc1. The maximum atomic E-state index is 12.1.